The van der Waals surface area contributed by atoms with E-state index < -0.39 is 0 Å². The monoisotopic (exact) mass is 222 g/mol. The Kier molecular flexibility index (Phi) is 4.22. The molecule has 1 heterocycles. The van der Waals surface area contributed by atoms with Crippen molar-refractivity contribution in [3.8, 4) is 0 Å². The van der Waals surface area contributed by atoms with Gasteiger partial charge in [-0.05, 0) is 20.3 Å². The number of carbonyl (C=O) groups excluding carboxylic acids is 1. The molecular weight excluding hydrogens is 204 g/mol. The average Bonchev–Trinajstić information content (AvgIpc) is 2.17. The summed E-state index contributed by atoms with van der Waals surface area (Å²) in [7, 11) is 0. The summed E-state index contributed by atoms with van der Waals surface area (Å²) in [6.45, 7) is 6.29. The first-order valence-electron chi connectivity index (χ1n) is 5.51. The first kappa shape index (κ1) is 12.4. The molecule has 5 nitrogen and oxygen atoms in total. The number of nitrogen functional groups attached to an aromatic ring is 1. The van der Waals surface area contributed by atoms with Crippen LogP contribution in [0.15, 0.2) is 0 Å². The highest BCUT2D eigenvalue weighted by atomic mass is 16.1. The Morgan fingerprint density at radius 3 is 2.62 bits per heavy atom. The molecule has 0 unspecified atom stereocenters. The van der Waals surface area contributed by atoms with Crippen molar-refractivity contribution in [2.45, 2.75) is 33.6 Å². The van der Waals surface area contributed by atoms with E-state index in [4.69, 9.17) is 5.73 Å². The number of nitrogens with two attached hydrogens (primary N) is 1. The van der Waals surface area contributed by atoms with Crippen molar-refractivity contribution < 1.29 is 4.79 Å². The van der Waals surface area contributed by atoms with Gasteiger partial charge in [-0.2, -0.15) is 0 Å². The van der Waals surface area contributed by atoms with Crippen molar-refractivity contribution in [1.29, 1.82) is 0 Å². The zero-order valence-electron chi connectivity index (χ0n) is 10.0. The molecule has 1 aromatic heterocycles. The number of anilines is 1. The van der Waals surface area contributed by atoms with Gasteiger partial charge in [0.05, 0.1) is 17.0 Å². The van der Waals surface area contributed by atoms with Gasteiger partial charge in [-0.15, -0.1) is 0 Å². The van der Waals surface area contributed by atoms with Gasteiger partial charge in [0.1, 0.15) is 0 Å². The summed E-state index contributed by atoms with van der Waals surface area (Å²) in [5, 5.41) is 2.76. The highest BCUT2D eigenvalue weighted by molar-refractivity contribution is 5.96. The molecule has 0 spiro atoms. The average molecular weight is 222 g/mol. The van der Waals surface area contributed by atoms with E-state index in [1.807, 2.05) is 13.8 Å². The maximum absolute atomic E-state index is 11.8. The van der Waals surface area contributed by atoms with Gasteiger partial charge in [-0.25, -0.2) is 9.97 Å². The fourth-order valence-corrected chi connectivity index (χ4v) is 1.62. The highest BCUT2D eigenvalue weighted by Gasteiger charge is 2.16. The number of nitrogens with zero attached hydrogens (tertiary/aromatic N) is 2. The molecule has 16 heavy (non-hydrogen) atoms. The van der Waals surface area contributed by atoms with Crippen LogP contribution in [0.1, 0.15) is 42.0 Å². The number of hydrogen-bond donors (Lipinski definition) is 2. The van der Waals surface area contributed by atoms with E-state index in [1.165, 1.54) is 0 Å². The molecular formula is C11H18N4O. The van der Waals surface area contributed by atoms with Gasteiger partial charge in [0.15, 0.2) is 0 Å². The second kappa shape index (κ2) is 5.44. The van der Waals surface area contributed by atoms with E-state index in [0.29, 0.717) is 17.8 Å². The van der Waals surface area contributed by atoms with Gasteiger partial charge in [0.25, 0.3) is 5.91 Å². The van der Waals surface area contributed by atoms with Crippen molar-refractivity contribution >= 4 is 11.9 Å². The molecule has 0 aromatic carbocycles. The summed E-state index contributed by atoms with van der Waals surface area (Å²) in [6.07, 6.45) is 1.66. The van der Waals surface area contributed by atoms with Crippen LogP contribution in [0.4, 0.5) is 5.95 Å². The quantitative estimate of drug-likeness (QED) is 0.798. The van der Waals surface area contributed by atoms with E-state index in [1.54, 1.807) is 6.92 Å². The van der Waals surface area contributed by atoms with E-state index in [2.05, 4.69) is 15.3 Å². The van der Waals surface area contributed by atoms with Gasteiger partial charge in [-0.1, -0.05) is 13.3 Å². The lowest BCUT2D eigenvalue weighted by atomic mass is 10.1. The zero-order chi connectivity index (χ0) is 12.1. The molecule has 0 saturated heterocycles. The van der Waals surface area contributed by atoms with Crippen LogP contribution in [-0.4, -0.2) is 22.4 Å². The van der Waals surface area contributed by atoms with Crippen LogP contribution in [-0.2, 0) is 6.42 Å². The van der Waals surface area contributed by atoms with Crippen molar-refractivity contribution in [2.75, 3.05) is 12.3 Å². The minimum absolute atomic E-state index is 0.122. The molecule has 88 valence electrons. The topological polar surface area (TPSA) is 80.9 Å². The molecule has 3 N–H and O–H groups in total. The molecule has 0 atom stereocenters. The SMILES string of the molecule is CCCc1nc(N)nc(C)c1C(=O)NCC. The first-order chi connectivity index (χ1) is 7.60. The summed E-state index contributed by atoms with van der Waals surface area (Å²) < 4.78 is 0. The molecule has 0 saturated carbocycles. The summed E-state index contributed by atoms with van der Waals surface area (Å²) in [6, 6.07) is 0. The summed E-state index contributed by atoms with van der Waals surface area (Å²) in [5.74, 6) is 0.109. The van der Waals surface area contributed by atoms with Gasteiger partial charge < -0.3 is 11.1 Å². The number of nitrogens with one attached hydrogen (secondary N) is 1. The Hall–Kier alpha value is -1.65. The third-order valence-electron chi connectivity index (χ3n) is 2.23. The molecule has 5 heteroatoms. The molecule has 0 aliphatic rings. The van der Waals surface area contributed by atoms with E-state index in [-0.39, 0.29) is 11.9 Å². The van der Waals surface area contributed by atoms with Gasteiger partial charge in [-0.3, -0.25) is 4.79 Å². The zero-order valence-corrected chi connectivity index (χ0v) is 10.0. The van der Waals surface area contributed by atoms with Gasteiger partial charge >= 0.3 is 0 Å². The second-order valence-electron chi connectivity index (χ2n) is 3.60. The summed E-state index contributed by atoms with van der Waals surface area (Å²) in [5.41, 5.74) is 7.52. The number of hydrogen-bond acceptors (Lipinski definition) is 4. The maximum Gasteiger partial charge on any atom is 0.254 e. The lowest BCUT2D eigenvalue weighted by Gasteiger charge is -2.10. The van der Waals surface area contributed by atoms with Crippen LogP contribution in [0.5, 0.6) is 0 Å². The Morgan fingerprint density at radius 1 is 1.38 bits per heavy atom. The highest BCUT2D eigenvalue weighted by Crippen LogP contribution is 2.13. The Balaban J connectivity index is 3.18. The molecule has 0 radical (unpaired) electrons. The molecule has 0 aliphatic carbocycles. The Labute approximate surface area is 95.5 Å². The number of aromatic nitrogens is 2. The predicted octanol–water partition coefficient (Wildman–Crippen LogP) is 1.07. The third kappa shape index (κ3) is 2.68. The number of amides is 1. The standard InChI is InChI=1S/C11H18N4O/c1-4-6-8-9(10(16)13-5-2)7(3)14-11(12)15-8/h4-6H2,1-3H3,(H,13,16)(H2,12,14,15). The van der Waals surface area contributed by atoms with Crippen molar-refractivity contribution in [2.24, 2.45) is 0 Å². The van der Waals surface area contributed by atoms with Crippen molar-refractivity contribution in [1.82, 2.24) is 15.3 Å². The van der Waals surface area contributed by atoms with Crippen LogP contribution in [0.2, 0.25) is 0 Å². The smallest absolute Gasteiger partial charge is 0.254 e. The second-order valence-corrected chi connectivity index (χ2v) is 3.60. The Bertz CT molecular complexity index is 390. The molecule has 1 amide bonds. The van der Waals surface area contributed by atoms with E-state index in [0.717, 1.165) is 18.5 Å². The number of rotatable bonds is 4. The number of aryl methyl sites for hydroxylation is 2. The normalized spacial score (nSPS) is 10.2. The lowest BCUT2D eigenvalue weighted by Crippen LogP contribution is -2.26. The molecule has 0 aliphatic heterocycles. The van der Waals surface area contributed by atoms with Crippen LogP contribution in [0.3, 0.4) is 0 Å². The van der Waals surface area contributed by atoms with Crippen LogP contribution in [0.25, 0.3) is 0 Å². The number of carbonyl (C=O) groups is 1. The van der Waals surface area contributed by atoms with Crippen LogP contribution < -0.4 is 11.1 Å². The molecule has 1 rings (SSSR count). The van der Waals surface area contributed by atoms with Crippen LogP contribution >= 0.6 is 0 Å². The summed E-state index contributed by atoms with van der Waals surface area (Å²) in [4.78, 5) is 20.0. The van der Waals surface area contributed by atoms with Crippen molar-refractivity contribution in [3.63, 3.8) is 0 Å². The van der Waals surface area contributed by atoms with Gasteiger partial charge in [0, 0.05) is 6.54 Å². The van der Waals surface area contributed by atoms with E-state index >= 15 is 0 Å². The fourth-order valence-electron chi connectivity index (χ4n) is 1.62. The molecule has 0 bridgehead atoms. The minimum Gasteiger partial charge on any atom is -0.368 e. The third-order valence-corrected chi connectivity index (χ3v) is 2.23. The largest absolute Gasteiger partial charge is 0.368 e. The summed E-state index contributed by atoms with van der Waals surface area (Å²) >= 11 is 0. The lowest BCUT2D eigenvalue weighted by molar-refractivity contribution is 0.0953. The van der Waals surface area contributed by atoms with E-state index in [9.17, 15) is 4.79 Å². The van der Waals surface area contributed by atoms with Crippen molar-refractivity contribution in [3.05, 3.63) is 17.0 Å². The first-order valence-corrected chi connectivity index (χ1v) is 5.51. The minimum atomic E-state index is -0.122. The van der Waals surface area contributed by atoms with Gasteiger partial charge in [0.2, 0.25) is 5.95 Å². The molecule has 0 fully saturated rings. The predicted molar refractivity (Wildman–Crippen MR) is 63.2 cm³/mol. The fraction of sp³-hybridized carbons (Fsp3) is 0.545. The van der Waals surface area contributed by atoms with Crippen LogP contribution in [0, 0.1) is 6.92 Å². The molecule has 1 aromatic rings. The Morgan fingerprint density at radius 2 is 2.06 bits per heavy atom. The maximum atomic E-state index is 11.8.